The molecule has 1 aliphatic carbocycles. The van der Waals surface area contributed by atoms with E-state index >= 15 is 0 Å². The highest BCUT2D eigenvalue weighted by Gasteiger charge is 2.30. The Hall–Kier alpha value is -0.790. The average Bonchev–Trinajstić information content (AvgIpc) is 3.02. The molecule has 2 aliphatic rings. The highest BCUT2D eigenvalue weighted by molar-refractivity contribution is 14.1. The first-order valence-corrected chi connectivity index (χ1v) is 9.17. The molecule has 122 valence electrons. The van der Waals surface area contributed by atoms with Gasteiger partial charge in [0.05, 0.1) is 6.04 Å². The molecule has 0 bridgehead atoms. The molecule has 0 aromatic carbocycles. The van der Waals surface area contributed by atoms with Gasteiger partial charge in [0.2, 0.25) is 0 Å². The van der Waals surface area contributed by atoms with Crippen LogP contribution in [0.15, 0.2) is 0 Å². The fraction of sp³-hybridized carbons (Fsp3) is 0.750. The zero-order valence-electron chi connectivity index (χ0n) is 13.6. The summed E-state index contributed by atoms with van der Waals surface area (Å²) in [6.45, 7) is 7.24. The Morgan fingerprint density at radius 2 is 1.95 bits per heavy atom. The van der Waals surface area contributed by atoms with Crippen molar-refractivity contribution in [3.63, 3.8) is 0 Å². The van der Waals surface area contributed by atoms with Crippen LogP contribution in [0.25, 0.3) is 0 Å². The van der Waals surface area contributed by atoms with Crippen LogP contribution < -0.4 is 0 Å². The van der Waals surface area contributed by atoms with Crippen molar-refractivity contribution in [2.75, 3.05) is 13.1 Å². The maximum atomic E-state index is 12.1. The minimum absolute atomic E-state index is 0.189. The molecule has 0 unspecified atom stereocenters. The number of ether oxygens (including phenoxy) is 1. The van der Waals surface area contributed by atoms with Crippen molar-refractivity contribution in [1.29, 1.82) is 0 Å². The average molecular weight is 417 g/mol. The monoisotopic (exact) mass is 417 g/mol. The first-order valence-electron chi connectivity index (χ1n) is 8.09. The number of piperidine rings is 1. The Morgan fingerprint density at radius 3 is 2.59 bits per heavy atom. The maximum Gasteiger partial charge on any atom is 0.410 e. The van der Waals surface area contributed by atoms with Crippen molar-refractivity contribution in [1.82, 2.24) is 14.7 Å². The quantitative estimate of drug-likeness (QED) is 0.657. The summed E-state index contributed by atoms with van der Waals surface area (Å²) >= 11 is 2.36. The van der Waals surface area contributed by atoms with Crippen LogP contribution in [0.5, 0.6) is 0 Å². The van der Waals surface area contributed by atoms with Crippen molar-refractivity contribution in [3.8, 4) is 0 Å². The van der Waals surface area contributed by atoms with Gasteiger partial charge < -0.3 is 9.64 Å². The third-order valence-electron chi connectivity index (χ3n) is 4.37. The number of aromatic nitrogens is 2. The number of hydrogen-bond donors (Lipinski definition) is 0. The number of hydrogen-bond acceptors (Lipinski definition) is 3. The van der Waals surface area contributed by atoms with Gasteiger partial charge in [0.1, 0.15) is 9.30 Å². The minimum Gasteiger partial charge on any atom is -0.444 e. The van der Waals surface area contributed by atoms with Crippen molar-refractivity contribution in [2.45, 2.75) is 64.5 Å². The molecule has 0 atom stereocenters. The van der Waals surface area contributed by atoms with E-state index in [1.807, 2.05) is 25.7 Å². The summed E-state index contributed by atoms with van der Waals surface area (Å²) < 4.78 is 8.87. The normalized spacial score (nSPS) is 19.4. The molecule has 1 amide bonds. The predicted octanol–water partition coefficient (Wildman–Crippen LogP) is 3.55. The number of likely N-dealkylation sites (tertiary alicyclic amines) is 1. The summed E-state index contributed by atoms with van der Waals surface area (Å²) in [6, 6.07) is 0.425. The Labute approximate surface area is 145 Å². The van der Waals surface area contributed by atoms with Gasteiger partial charge in [0, 0.05) is 24.3 Å². The SMILES string of the molecule is CC(C)(C)OC(=O)N1CCC(n2nc(I)c3c2CCC3)CC1. The second-order valence-corrected chi connectivity index (χ2v) is 8.23. The van der Waals surface area contributed by atoms with E-state index in [1.165, 1.54) is 27.8 Å². The smallest absolute Gasteiger partial charge is 0.410 e. The van der Waals surface area contributed by atoms with Crippen molar-refractivity contribution < 1.29 is 9.53 Å². The van der Waals surface area contributed by atoms with Gasteiger partial charge in [-0.3, -0.25) is 4.68 Å². The van der Waals surface area contributed by atoms with E-state index in [0.717, 1.165) is 32.4 Å². The van der Waals surface area contributed by atoms with Crippen molar-refractivity contribution in [3.05, 3.63) is 15.0 Å². The van der Waals surface area contributed by atoms with Crippen LogP contribution in [0, 0.1) is 3.70 Å². The standard InChI is InChI=1S/C16H24IN3O2/c1-16(2,3)22-15(21)19-9-7-11(8-10-19)20-13-6-4-5-12(13)14(17)18-20/h11H,4-10H2,1-3H3. The lowest BCUT2D eigenvalue weighted by atomic mass is 10.1. The third-order valence-corrected chi connectivity index (χ3v) is 5.24. The van der Waals surface area contributed by atoms with Crippen LogP contribution in [0.2, 0.25) is 0 Å². The molecule has 0 saturated carbocycles. The largest absolute Gasteiger partial charge is 0.444 e. The van der Waals surface area contributed by atoms with E-state index < -0.39 is 5.60 Å². The van der Waals surface area contributed by atoms with Gasteiger partial charge in [0.25, 0.3) is 0 Å². The molecule has 3 rings (SSSR count). The van der Waals surface area contributed by atoms with Crippen LogP contribution in [-0.2, 0) is 17.6 Å². The molecule has 5 nitrogen and oxygen atoms in total. The third kappa shape index (κ3) is 3.26. The van der Waals surface area contributed by atoms with Crippen LogP contribution in [0.3, 0.4) is 0 Å². The summed E-state index contributed by atoms with van der Waals surface area (Å²) in [4.78, 5) is 14.0. The molecule has 1 aliphatic heterocycles. The van der Waals surface area contributed by atoms with Gasteiger partial charge in [0.15, 0.2) is 0 Å². The lowest BCUT2D eigenvalue weighted by Gasteiger charge is -2.34. The fourth-order valence-corrected chi connectivity index (χ4v) is 4.15. The van der Waals surface area contributed by atoms with E-state index in [9.17, 15) is 4.79 Å². The van der Waals surface area contributed by atoms with E-state index in [4.69, 9.17) is 9.84 Å². The first kappa shape index (κ1) is 16.1. The molecule has 0 radical (unpaired) electrons. The molecule has 0 N–H and O–H groups in total. The number of carbonyl (C=O) groups excluding carboxylic acids is 1. The highest BCUT2D eigenvalue weighted by atomic mass is 127. The molecule has 1 saturated heterocycles. The molecular weight excluding hydrogens is 393 g/mol. The zero-order valence-corrected chi connectivity index (χ0v) is 15.7. The summed E-state index contributed by atoms with van der Waals surface area (Å²) in [5, 5.41) is 4.75. The van der Waals surface area contributed by atoms with Gasteiger partial charge in [-0.1, -0.05) is 0 Å². The molecule has 0 spiro atoms. The van der Waals surface area contributed by atoms with Crippen LogP contribution >= 0.6 is 22.6 Å². The Morgan fingerprint density at radius 1 is 1.27 bits per heavy atom. The molecule has 2 heterocycles. The van der Waals surface area contributed by atoms with E-state index in [1.54, 1.807) is 0 Å². The van der Waals surface area contributed by atoms with E-state index in [-0.39, 0.29) is 6.09 Å². The second kappa shape index (κ2) is 6.02. The minimum atomic E-state index is -0.424. The van der Waals surface area contributed by atoms with Gasteiger partial charge in [-0.2, -0.15) is 5.10 Å². The first-order chi connectivity index (χ1) is 10.3. The number of fused-ring (bicyclic) bond motifs is 1. The highest BCUT2D eigenvalue weighted by Crippen LogP contribution is 2.32. The fourth-order valence-electron chi connectivity index (χ4n) is 3.34. The van der Waals surface area contributed by atoms with Gasteiger partial charge in [-0.05, 0) is 75.5 Å². The van der Waals surface area contributed by atoms with E-state index in [0.29, 0.717) is 6.04 Å². The van der Waals surface area contributed by atoms with Crippen LogP contribution in [0.1, 0.15) is 57.3 Å². The number of carbonyl (C=O) groups is 1. The summed E-state index contributed by atoms with van der Waals surface area (Å²) in [5.74, 6) is 0. The molecule has 1 aromatic rings. The summed E-state index contributed by atoms with van der Waals surface area (Å²) in [5.41, 5.74) is 2.46. The Bertz CT molecular complexity index is 569. The van der Waals surface area contributed by atoms with E-state index in [2.05, 4.69) is 27.3 Å². The number of halogens is 1. The van der Waals surface area contributed by atoms with Gasteiger partial charge in [-0.25, -0.2) is 4.79 Å². The molecule has 6 heteroatoms. The lowest BCUT2D eigenvalue weighted by molar-refractivity contribution is 0.0184. The van der Waals surface area contributed by atoms with Crippen molar-refractivity contribution in [2.24, 2.45) is 0 Å². The predicted molar refractivity (Wildman–Crippen MR) is 93.0 cm³/mol. The molecular formula is C16H24IN3O2. The maximum absolute atomic E-state index is 12.1. The number of nitrogens with zero attached hydrogens (tertiary/aromatic N) is 3. The Balaban J connectivity index is 1.63. The summed E-state index contributed by atoms with van der Waals surface area (Å²) in [7, 11) is 0. The van der Waals surface area contributed by atoms with Crippen LogP contribution in [-0.4, -0.2) is 39.5 Å². The summed E-state index contributed by atoms with van der Waals surface area (Å²) in [6.07, 6.45) is 5.31. The zero-order chi connectivity index (χ0) is 15.9. The Kier molecular flexibility index (Phi) is 4.40. The topological polar surface area (TPSA) is 47.4 Å². The van der Waals surface area contributed by atoms with Crippen LogP contribution in [0.4, 0.5) is 4.79 Å². The number of rotatable bonds is 1. The molecule has 22 heavy (non-hydrogen) atoms. The number of amides is 1. The van der Waals surface area contributed by atoms with Crippen molar-refractivity contribution >= 4 is 28.7 Å². The molecule has 1 fully saturated rings. The lowest BCUT2D eigenvalue weighted by Crippen LogP contribution is -2.42. The second-order valence-electron chi connectivity index (χ2n) is 7.21. The van der Waals surface area contributed by atoms with Gasteiger partial charge in [-0.15, -0.1) is 0 Å². The van der Waals surface area contributed by atoms with Gasteiger partial charge >= 0.3 is 6.09 Å². The molecule has 1 aromatic heterocycles.